The Morgan fingerprint density at radius 1 is 1.35 bits per heavy atom. The molecule has 0 unspecified atom stereocenters. The maximum Gasteiger partial charge on any atom is 0.263 e. The molecular formula is C16H12FN2O3S-. The van der Waals surface area contributed by atoms with Gasteiger partial charge in [0.25, 0.3) is 5.56 Å². The van der Waals surface area contributed by atoms with Crippen molar-refractivity contribution in [1.82, 2.24) is 9.55 Å². The van der Waals surface area contributed by atoms with Crippen LogP contribution in [-0.4, -0.2) is 15.5 Å². The van der Waals surface area contributed by atoms with E-state index < -0.39 is 17.6 Å². The highest BCUT2D eigenvalue weighted by molar-refractivity contribution is 7.19. The Balaban J connectivity index is 2.32. The van der Waals surface area contributed by atoms with Gasteiger partial charge in [0, 0.05) is 10.4 Å². The second kappa shape index (κ2) is 5.58. The molecule has 1 aromatic carbocycles. The zero-order valence-electron chi connectivity index (χ0n) is 12.4. The summed E-state index contributed by atoms with van der Waals surface area (Å²) in [6.45, 7) is 3.21. The SMILES string of the molecule is Cc1sc2ncn([C@@H](C)C(=O)[O-])c(=O)c2c1-c1ccc(F)cc1. The Morgan fingerprint density at radius 3 is 2.61 bits per heavy atom. The molecule has 0 amide bonds. The number of carboxylic acid groups (broad SMARTS) is 1. The summed E-state index contributed by atoms with van der Waals surface area (Å²) in [5.74, 6) is -1.73. The van der Waals surface area contributed by atoms with Gasteiger partial charge in [-0.15, -0.1) is 11.3 Å². The van der Waals surface area contributed by atoms with Crippen LogP contribution in [0.2, 0.25) is 0 Å². The summed E-state index contributed by atoms with van der Waals surface area (Å²) in [5, 5.41) is 11.4. The van der Waals surface area contributed by atoms with Crippen molar-refractivity contribution >= 4 is 27.5 Å². The van der Waals surface area contributed by atoms with Crippen LogP contribution in [0.25, 0.3) is 21.3 Å². The lowest BCUT2D eigenvalue weighted by molar-refractivity contribution is -0.309. The van der Waals surface area contributed by atoms with E-state index >= 15 is 0 Å². The number of aryl methyl sites for hydroxylation is 1. The van der Waals surface area contributed by atoms with E-state index in [2.05, 4.69) is 4.98 Å². The summed E-state index contributed by atoms with van der Waals surface area (Å²) in [7, 11) is 0. The van der Waals surface area contributed by atoms with Gasteiger partial charge in [0.05, 0.1) is 23.7 Å². The fourth-order valence-electron chi connectivity index (χ4n) is 2.47. The van der Waals surface area contributed by atoms with Crippen LogP contribution in [0.15, 0.2) is 35.4 Å². The number of rotatable bonds is 3. The Hall–Kier alpha value is -2.54. The van der Waals surface area contributed by atoms with E-state index in [-0.39, 0.29) is 5.82 Å². The number of benzene rings is 1. The van der Waals surface area contributed by atoms with Gasteiger partial charge < -0.3 is 9.90 Å². The average molecular weight is 331 g/mol. The lowest BCUT2D eigenvalue weighted by Crippen LogP contribution is -2.36. The number of aromatic nitrogens is 2. The highest BCUT2D eigenvalue weighted by Crippen LogP contribution is 2.35. The number of carbonyl (C=O) groups is 1. The van der Waals surface area contributed by atoms with E-state index in [9.17, 15) is 19.1 Å². The molecule has 23 heavy (non-hydrogen) atoms. The number of aliphatic carboxylic acids is 1. The maximum absolute atomic E-state index is 13.1. The van der Waals surface area contributed by atoms with E-state index in [1.54, 1.807) is 12.1 Å². The van der Waals surface area contributed by atoms with E-state index in [1.807, 2.05) is 6.92 Å². The fourth-order valence-corrected chi connectivity index (χ4v) is 3.47. The molecule has 0 aliphatic carbocycles. The number of carboxylic acids is 1. The number of hydrogen-bond acceptors (Lipinski definition) is 5. The summed E-state index contributed by atoms with van der Waals surface area (Å²) in [6.07, 6.45) is 1.22. The van der Waals surface area contributed by atoms with Gasteiger partial charge in [-0.05, 0) is 31.5 Å². The summed E-state index contributed by atoms with van der Waals surface area (Å²) >= 11 is 1.34. The first-order valence-corrected chi connectivity index (χ1v) is 7.69. The van der Waals surface area contributed by atoms with Crippen molar-refractivity contribution in [3.8, 4) is 11.1 Å². The van der Waals surface area contributed by atoms with Gasteiger partial charge >= 0.3 is 0 Å². The Kier molecular flexibility index (Phi) is 3.73. The molecule has 118 valence electrons. The molecule has 0 radical (unpaired) electrons. The summed E-state index contributed by atoms with van der Waals surface area (Å²) in [6, 6.07) is 4.68. The third kappa shape index (κ3) is 2.53. The molecule has 5 nitrogen and oxygen atoms in total. The van der Waals surface area contributed by atoms with Crippen LogP contribution in [0.4, 0.5) is 4.39 Å². The van der Waals surface area contributed by atoms with E-state index in [4.69, 9.17) is 0 Å². The van der Waals surface area contributed by atoms with Gasteiger partial charge in [-0.25, -0.2) is 9.37 Å². The number of thiophene rings is 1. The normalized spacial score (nSPS) is 12.5. The molecule has 2 aromatic heterocycles. The first-order chi connectivity index (χ1) is 10.9. The molecule has 7 heteroatoms. The Morgan fingerprint density at radius 2 is 2.00 bits per heavy atom. The van der Waals surface area contributed by atoms with E-state index in [0.29, 0.717) is 21.3 Å². The lowest BCUT2D eigenvalue weighted by Gasteiger charge is -2.15. The van der Waals surface area contributed by atoms with Crippen LogP contribution in [-0.2, 0) is 4.79 Å². The quantitative estimate of drug-likeness (QED) is 0.734. The number of fused-ring (bicyclic) bond motifs is 1. The standard InChI is InChI=1S/C16H13FN2O3S/c1-8(16(21)22)19-7-18-14-13(15(19)20)12(9(2)23-14)10-3-5-11(17)6-4-10/h3-8H,1-2H3,(H,21,22)/p-1/t8-/m0/s1. The van der Waals surface area contributed by atoms with Crippen molar-refractivity contribution in [1.29, 1.82) is 0 Å². The first kappa shape index (κ1) is 15.4. The minimum Gasteiger partial charge on any atom is -0.548 e. The summed E-state index contributed by atoms with van der Waals surface area (Å²) in [5.41, 5.74) is 0.894. The Bertz CT molecular complexity index is 960. The summed E-state index contributed by atoms with van der Waals surface area (Å²) in [4.78, 5) is 29.3. The van der Waals surface area contributed by atoms with Gasteiger partial charge in [-0.3, -0.25) is 9.36 Å². The van der Waals surface area contributed by atoms with Gasteiger partial charge in [-0.1, -0.05) is 12.1 Å². The molecule has 0 saturated carbocycles. The highest BCUT2D eigenvalue weighted by atomic mass is 32.1. The zero-order chi connectivity index (χ0) is 16.7. The van der Waals surface area contributed by atoms with Crippen LogP contribution < -0.4 is 10.7 Å². The zero-order valence-corrected chi connectivity index (χ0v) is 13.2. The third-order valence-corrected chi connectivity index (χ3v) is 4.72. The smallest absolute Gasteiger partial charge is 0.263 e. The second-order valence-corrected chi connectivity index (χ2v) is 6.38. The summed E-state index contributed by atoms with van der Waals surface area (Å²) < 4.78 is 14.2. The molecule has 1 atom stereocenters. The maximum atomic E-state index is 13.1. The fraction of sp³-hybridized carbons (Fsp3) is 0.188. The Labute approximate surface area is 134 Å². The molecule has 0 fully saturated rings. The molecule has 3 aromatic rings. The molecule has 0 N–H and O–H groups in total. The van der Waals surface area contributed by atoms with Crippen molar-refractivity contribution in [2.75, 3.05) is 0 Å². The highest BCUT2D eigenvalue weighted by Gasteiger charge is 2.19. The second-order valence-electron chi connectivity index (χ2n) is 5.17. The van der Waals surface area contributed by atoms with Gasteiger partial charge in [0.2, 0.25) is 0 Å². The number of hydrogen-bond donors (Lipinski definition) is 0. The molecule has 0 aliphatic heterocycles. The minimum atomic E-state index is -1.36. The van der Waals surface area contributed by atoms with Gasteiger partial charge in [-0.2, -0.15) is 0 Å². The van der Waals surface area contributed by atoms with Crippen LogP contribution >= 0.6 is 11.3 Å². The molecule has 0 aliphatic rings. The van der Waals surface area contributed by atoms with E-state index in [0.717, 1.165) is 9.44 Å². The van der Waals surface area contributed by atoms with Crippen molar-refractivity contribution < 1.29 is 14.3 Å². The van der Waals surface area contributed by atoms with E-state index in [1.165, 1.54) is 36.7 Å². The van der Waals surface area contributed by atoms with Crippen molar-refractivity contribution in [3.05, 3.63) is 51.6 Å². The first-order valence-electron chi connectivity index (χ1n) is 6.87. The van der Waals surface area contributed by atoms with Gasteiger partial charge in [0.15, 0.2) is 0 Å². The topological polar surface area (TPSA) is 75.0 Å². The molecule has 0 spiro atoms. The monoisotopic (exact) mass is 331 g/mol. The van der Waals surface area contributed by atoms with Crippen LogP contribution in [0.3, 0.4) is 0 Å². The molecule has 0 bridgehead atoms. The molecule has 3 rings (SSSR count). The van der Waals surface area contributed by atoms with Gasteiger partial charge in [0.1, 0.15) is 10.6 Å². The van der Waals surface area contributed by atoms with Crippen molar-refractivity contribution in [3.63, 3.8) is 0 Å². The van der Waals surface area contributed by atoms with Crippen molar-refractivity contribution in [2.24, 2.45) is 0 Å². The average Bonchev–Trinajstić information content (AvgIpc) is 2.85. The molecule has 0 saturated heterocycles. The predicted octanol–water partition coefficient (Wildman–Crippen LogP) is 1.88. The number of nitrogens with zero attached hydrogens (tertiary/aromatic N) is 2. The van der Waals surface area contributed by atoms with Crippen LogP contribution in [0.1, 0.15) is 17.8 Å². The minimum absolute atomic E-state index is 0.342. The number of halogens is 1. The van der Waals surface area contributed by atoms with Crippen LogP contribution in [0.5, 0.6) is 0 Å². The third-order valence-electron chi connectivity index (χ3n) is 3.70. The molecule has 2 heterocycles. The molecular weight excluding hydrogens is 319 g/mol. The van der Waals surface area contributed by atoms with Crippen LogP contribution in [0, 0.1) is 12.7 Å². The number of carbonyl (C=O) groups excluding carboxylic acids is 1. The predicted molar refractivity (Wildman–Crippen MR) is 83.7 cm³/mol. The largest absolute Gasteiger partial charge is 0.548 e. The lowest BCUT2D eigenvalue weighted by atomic mass is 10.0. The van der Waals surface area contributed by atoms with Crippen molar-refractivity contribution in [2.45, 2.75) is 19.9 Å².